The van der Waals surface area contributed by atoms with Gasteiger partial charge in [-0.2, -0.15) is 11.8 Å². The number of carbonyl (C=O) groups excluding carboxylic acids is 1. The minimum Gasteiger partial charge on any atom is -0.355 e. The lowest BCUT2D eigenvalue weighted by molar-refractivity contribution is -0.121. The normalized spacial score (nSPS) is 13.6. The summed E-state index contributed by atoms with van der Waals surface area (Å²) in [7, 11) is 0. The van der Waals surface area contributed by atoms with E-state index >= 15 is 0 Å². The Kier molecular flexibility index (Phi) is 10.4. The molecule has 0 aliphatic rings. The molecule has 0 radical (unpaired) electrons. The molecule has 4 heteroatoms. The van der Waals surface area contributed by atoms with Crippen LogP contribution in [0.2, 0.25) is 0 Å². The van der Waals surface area contributed by atoms with Crippen LogP contribution < -0.4 is 11.1 Å². The van der Waals surface area contributed by atoms with Crippen LogP contribution in [-0.2, 0) is 4.79 Å². The standard InChI is InChI=1S/C16H34N2OS/c1-6-16(7-2,20-5)12-18-15(19)9-8-14(10-11-17)13(3)4/h13-14H,6-12,17H2,1-5H3,(H,18,19). The average Bonchev–Trinajstić information content (AvgIpc) is 2.45. The number of nitrogens with one attached hydrogen (secondary N) is 1. The summed E-state index contributed by atoms with van der Waals surface area (Å²) in [6, 6.07) is 0. The van der Waals surface area contributed by atoms with Crippen molar-refractivity contribution in [3.05, 3.63) is 0 Å². The largest absolute Gasteiger partial charge is 0.355 e. The number of hydrogen-bond acceptors (Lipinski definition) is 3. The maximum atomic E-state index is 12.0. The third-order valence-corrected chi connectivity index (χ3v) is 6.14. The summed E-state index contributed by atoms with van der Waals surface area (Å²) in [5.41, 5.74) is 5.64. The van der Waals surface area contributed by atoms with E-state index in [-0.39, 0.29) is 10.7 Å². The number of amides is 1. The van der Waals surface area contributed by atoms with E-state index in [0.717, 1.165) is 32.2 Å². The van der Waals surface area contributed by atoms with E-state index in [9.17, 15) is 4.79 Å². The van der Waals surface area contributed by atoms with Crippen molar-refractivity contribution < 1.29 is 4.79 Å². The predicted molar refractivity (Wildman–Crippen MR) is 91.1 cm³/mol. The summed E-state index contributed by atoms with van der Waals surface area (Å²) in [6.45, 7) is 10.3. The molecule has 0 rings (SSSR count). The average molecular weight is 303 g/mol. The van der Waals surface area contributed by atoms with Crippen LogP contribution in [0.25, 0.3) is 0 Å². The Morgan fingerprint density at radius 2 is 1.85 bits per heavy atom. The highest BCUT2D eigenvalue weighted by molar-refractivity contribution is 8.00. The van der Waals surface area contributed by atoms with Crippen molar-refractivity contribution in [1.29, 1.82) is 0 Å². The summed E-state index contributed by atoms with van der Waals surface area (Å²) >= 11 is 1.87. The highest BCUT2D eigenvalue weighted by Gasteiger charge is 2.25. The smallest absolute Gasteiger partial charge is 0.220 e. The Hall–Kier alpha value is -0.220. The monoisotopic (exact) mass is 302 g/mol. The molecule has 0 aromatic heterocycles. The van der Waals surface area contributed by atoms with Crippen molar-refractivity contribution in [2.45, 2.75) is 64.5 Å². The fourth-order valence-electron chi connectivity index (χ4n) is 2.55. The Labute approximate surface area is 129 Å². The molecule has 0 aliphatic heterocycles. The summed E-state index contributed by atoms with van der Waals surface area (Å²) in [5.74, 6) is 1.35. The summed E-state index contributed by atoms with van der Waals surface area (Å²) < 4.78 is 0.199. The van der Waals surface area contributed by atoms with Gasteiger partial charge in [0.1, 0.15) is 0 Å². The zero-order valence-corrected chi connectivity index (χ0v) is 14.8. The van der Waals surface area contributed by atoms with Gasteiger partial charge in [0.25, 0.3) is 0 Å². The fraction of sp³-hybridized carbons (Fsp3) is 0.938. The molecule has 0 aliphatic carbocycles. The Bertz CT molecular complexity index is 257. The molecule has 0 saturated carbocycles. The highest BCUT2D eigenvalue weighted by atomic mass is 32.2. The zero-order valence-electron chi connectivity index (χ0n) is 14.0. The van der Waals surface area contributed by atoms with Gasteiger partial charge in [-0.15, -0.1) is 0 Å². The number of hydrogen-bond donors (Lipinski definition) is 2. The van der Waals surface area contributed by atoms with Crippen molar-refractivity contribution in [2.75, 3.05) is 19.3 Å². The lowest BCUT2D eigenvalue weighted by Crippen LogP contribution is -2.39. The van der Waals surface area contributed by atoms with Crippen LogP contribution >= 0.6 is 11.8 Å². The lowest BCUT2D eigenvalue weighted by Gasteiger charge is -2.30. The minimum atomic E-state index is 0.188. The summed E-state index contributed by atoms with van der Waals surface area (Å²) in [4.78, 5) is 12.0. The number of nitrogens with two attached hydrogens (primary N) is 1. The van der Waals surface area contributed by atoms with E-state index in [1.807, 2.05) is 11.8 Å². The number of thioether (sulfide) groups is 1. The highest BCUT2D eigenvalue weighted by Crippen LogP contribution is 2.29. The molecule has 0 aromatic carbocycles. The van der Waals surface area contributed by atoms with Gasteiger partial charge in [0.2, 0.25) is 5.91 Å². The Balaban J connectivity index is 4.16. The lowest BCUT2D eigenvalue weighted by atomic mass is 9.88. The molecule has 0 saturated heterocycles. The van der Waals surface area contributed by atoms with Gasteiger partial charge < -0.3 is 11.1 Å². The Morgan fingerprint density at radius 1 is 1.25 bits per heavy atom. The third-order valence-electron chi connectivity index (χ3n) is 4.55. The quantitative estimate of drug-likeness (QED) is 0.615. The van der Waals surface area contributed by atoms with Crippen molar-refractivity contribution in [3.8, 4) is 0 Å². The molecule has 1 amide bonds. The zero-order chi connectivity index (χ0) is 15.6. The molecular formula is C16H34N2OS. The third kappa shape index (κ3) is 6.98. The van der Waals surface area contributed by atoms with Gasteiger partial charge >= 0.3 is 0 Å². The molecular weight excluding hydrogens is 268 g/mol. The second-order valence-electron chi connectivity index (χ2n) is 5.99. The van der Waals surface area contributed by atoms with Crippen LogP contribution in [0, 0.1) is 11.8 Å². The maximum absolute atomic E-state index is 12.0. The molecule has 0 fully saturated rings. The van der Waals surface area contributed by atoms with E-state index in [0.29, 0.717) is 24.8 Å². The van der Waals surface area contributed by atoms with Crippen molar-refractivity contribution in [3.63, 3.8) is 0 Å². The van der Waals surface area contributed by atoms with Gasteiger partial charge in [-0.25, -0.2) is 0 Å². The number of rotatable bonds is 11. The first-order valence-corrected chi connectivity index (χ1v) is 9.19. The number of carbonyl (C=O) groups is 1. The second kappa shape index (κ2) is 10.5. The molecule has 0 bridgehead atoms. The molecule has 0 heterocycles. The van der Waals surface area contributed by atoms with Crippen LogP contribution in [0.1, 0.15) is 59.8 Å². The fourth-order valence-corrected chi connectivity index (χ4v) is 3.34. The van der Waals surface area contributed by atoms with E-state index in [1.165, 1.54) is 0 Å². The van der Waals surface area contributed by atoms with Gasteiger partial charge in [0.05, 0.1) is 0 Å². The molecule has 1 unspecified atom stereocenters. The van der Waals surface area contributed by atoms with Crippen molar-refractivity contribution in [2.24, 2.45) is 17.6 Å². The van der Waals surface area contributed by atoms with Crippen LogP contribution in [-0.4, -0.2) is 30.0 Å². The molecule has 3 N–H and O–H groups in total. The molecule has 120 valence electrons. The van der Waals surface area contributed by atoms with Crippen LogP contribution in [0.4, 0.5) is 0 Å². The Morgan fingerprint density at radius 3 is 2.25 bits per heavy atom. The molecule has 3 nitrogen and oxygen atoms in total. The van der Waals surface area contributed by atoms with Crippen LogP contribution in [0.5, 0.6) is 0 Å². The SMILES string of the molecule is CCC(CC)(CNC(=O)CCC(CCN)C(C)C)SC. The summed E-state index contributed by atoms with van der Waals surface area (Å²) in [5, 5.41) is 3.12. The van der Waals surface area contributed by atoms with Crippen molar-refractivity contribution >= 4 is 17.7 Å². The van der Waals surface area contributed by atoms with E-state index in [4.69, 9.17) is 5.73 Å². The molecule has 0 spiro atoms. The van der Waals surface area contributed by atoms with E-state index < -0.39 is 0 Å². The van der Waals surface area contributed by atoms with E-state index in [1.54, 1.807) is 0 Å². The topological polar surface area (TPSA) is 55.1 Å². The van der Waals surface area contributed by atoms with Gasteiger partial charge in [0, 0.05) is 17.7 Å². The van der Waals surface area contributed by atoms with Crippen molar-refractivity contribution in [1.82, 2.24) is 5.32 Å². The first-order chi connectivity index (χ1) is 9.44. The second-order valence-corrected chi connectivity index (χ2v) is 7.27. The maximum Gasteiger partial charge on any atom is 0.220 e. The predicted octanol–water partition coefficient (Wildman–Crippen LogP) is 3.43. The first kappa shape index (κ1) is 19.8. The summed E-state index contributed by atoms with van der Waals surface area (Å²) in [6.07, 6.45) is 6.91. The van der Waals surface area contributed by atoms with Crippen LogP contribution in [0.3, 0.4) is 0 Å². The van der Waals surface area contributed by atoms with Gasteiger partial charge in [0.15, 0.2) is 0 Å². The molecule has 0 aromatic rings. The minimum absolute atomic E-state index is 0.188. The molecule has 1 atom stereocenters. The van der Waals surface area contributed by atoms with Gasteiger partial charge in [-0.1, -0.05) is 27.7 Å². The van der Waals surface area contributed by atoms with Gasteiger partial charge in [-0.05, 0) is 50.3 Å². The van der Waals surface area contributed by atoms with Crippen LogP contribution in [0.15, 0.2) is 0 Å². The van der Waals surface area contributed by atoms with E-state index in [2.05, 4.69) is 39.3 Å². The first-order valence-electron chi connectivity index (χ1n) is 7.96. The molecule has 20 heavy (non-hydrogen) atoms. The van der Waals surface area contributed by atoms with Gasteiger partial charge in [-0.3, -0.25) is 4.79 Å².